The molecule has 1 aromatic rings. The van der Waals surface area contributed by atoms with Crippen LogP contribution >= 0.6 is 35.6 Å². The monoisotopic (exact) mass is 340 g/mol. The molecule has 0 saturated carbocycles. The maximum absolute atomic E-state index is 12.3. The van der Waals surface area contributed by atoms with Gasteiger partial charge in [-0.25, -0.2) is 0 Å². The first kappa shape index (κ1) is 16.0. The average Bonchev–Trinajstić information content (AvgIpc) is 2.68. The summed E-state index contributed by atoms with van der Waals surface area (Å²) in [6, 6.07) is 7.20. The number of hydrogen-bond donors (Lipinski definition) is 0. The van der Waals surface area contributed by atoms with Gasteiger partial charge in [-0.05, 0) is 30.5 Å². The lowest BCUT2D eigenvalue weighted by atomic mass is 10.2. The number of hydrogen-bond acceptors (Lipinski definition) is 5. The van der Waals surface area contributed by atoms with Crippen LogP contribution in [0.1, 0.15) is 18.4 Å². The molecule has 1 aromatic carbocycles. The Morgan fingerprint density at radius 3 is 2.81 bits per heavy atom. The largest absolute Gasteiger partial charge is 0.550 e. The zero-order valence-corrected chi connectivity index (χ0v) is 13.3. The number of thiocarbonyl (C=S) groups is 1. The predicted octanol–water partition coefficient (Wildman–Crippen LogP) is 2.07. The number of amides is 1. The predicted molar refractivity (Wildman–Crippen MR) is 85.6 cm³/mol. The lowest BCUT2D eigenvalue weighted by Gasteiger charge is -2.14. The molecule has 110 valence electrons. The molecule has 0 atom stereocenters. The second-order valence-corrected chi connectivity index (χ2v) is 6.41. The summed E-state index contributed by atoms with van der Waals surface area (Å²) in [6.07, 6.45) is 1.91. The number of carboxylic acids is 1. The highest BCUT2D eigenvalue weighted by Gasteiger charge is 2.31. The Hall–Kier alpha value is -1.37. The summed E-state index contributed by atoms with van der Waals surface area (Å²) in [7, 11) is 0. The fourth-order valence-electron chi connectivity index (χ4n) is 1.81. The molecular weight excluding hydrogens is 330 g/mol. The second kappa shape index (κ2) is 7.06. The van der Waals surface area contributed by atoms with Gasteiger partial charge < -0.3 is 9.90 Å². The van der Waals surface area contributed by atoms with Gasteiger partial charge in [0.2, 0.25) is 0 Å². The molecule has 0 unspecified atom stereocenters. The van der Waals surface area contributed by atoms with Crippen molar-refractivity contribution in [3.05, 3.63) is 39.8 Å². The van der Waals surface area contributed by atoms with Gasteiger partial charge in [-0.2, -0.15) is 0 Å². The first-order chi connectivity index (χ1) is 9.99. The van der Waals surface area contributed by atoms with Crippen molar-refractivity contribution in [2.24, 2.45) is 0 Å². The van der Waals surface area contributed by atoms with Crippen molar-refractivity contribution in [2.75, 3.05) is 6.54 Å². The number of carbonyl (C=O) groups is 2. The minimum absolute atomic E-state index is 0.0966. The third-order valence-corrected chi connectivity index (χ3v) is 4.55. The van der Waals surface area contributed by atoms with E-state index in [1.165, 1.54) is 16.7 Å². The Kier molecular flexibility index (Phi) is 5.39. The number of nitrogens with zero attached hydrogens (tertiary/aromatic N) is 1. The molecule has 21 heavy (non-hydrogen) atoms. The lowest BCUT2D eigenvalue weighted by Crippen LogP contribution is -2.30. The van der Waals surface area contributed by atoms with Gasteiger partial charge in [0.15, 0.2) is 0 Å². The molecule has 0 aliphatic carbocycles. The lowest BCUT2D eigenvalue weighted by molar-refractivity contribution is -0.305. The summed E-state index contributed by atoms with van der Waals surface area (Å²) in [4.78, 5) is 24.5. The summed E-state index contributed by atoms with van der Waals surface area (Å²) in [5.41, 5.74) is 0.745. The molecule has 0 N–H and O–H groups in total. The standard InChI is InChI=1S/C14H12ClNO3S2/c15-10-5-2-1-4-9(10)8-11-13(19)16(14(20)21-11)7-3-6-12(17)18/h1-2,4-5,8H,3,6-7H2,(H,17,18)/p-1/b11-8+. The third kappa shape index (κ3) is 4.06. The fraction of sp³-hybridized carbons (Fsp3) is 0.214. The zero-order chi connectivity index (χ0) is 15.4. The van der Waals surface area contributed by atoms with Crippen molar-refractivity contribution in [2.45, 2.75) is 12.8 Å². The van der Waals surface area contributed by atoms with Crippen LogP contribution in [0.3, 0.4) is 0 Å². The van der Waals surface area contributed by atoms with Gasteiger partial charge in [0, 0.05) is 17.5 Å². The molecule has 4 nitrogen and oxygen atoms in total. The van der Waals surface area contributed by atoms with Crippen molar-refractivity contribution in [3.8, 4) is 0 Å². The smallest absolute Gasteiger partial charge is 0.266 e. The quantitative estimate of drug-likeness (QED) is 0.606. The van der Waals surface area contributed by atoms with Crippen molar-refractivity contribution in [3.63, 3.8) is 0 Å². The average molecular weight is 341 g/mol. The summed E-state index contributed by atoms with van der Waals surface area (Å²) in [5, 5.41) is 11.0. The SMILES string of the molecule is O=C([O-])CCCN1C(=O)/C(=C\c2ccccc2Cl)SC1=S. The van der Waals surface area contributed by atoms with Crippen LogP contribution in [0.15, 0.2) is 29.2 Å². The van der Waals surface area contributed by atoms with E-state index in [0.717, 1.165) is 5.56 Å². The maximum atomic E-state index is 12.3. The van der Waals surface area contributed by atoms with E-state index in [4.69, 9.17) is 23.8 Å². The van der Waals surface area contributed by atoms with Crippen molar-refractivity contribution < 1.29 is 14.7 Å². The van der Waals surface area contributed by atoms with Crippen LogP contribution in [0.25, 0.3) is 6.08 Å². The number of aliphatic carboxylic acids is 1. The van der Waals surface area contributed by atoms with E-state index in [-0.39, 0.29) is 18.9 Å². The summed E-state index contributed by atoms with van der Waals surface area (Å²) >= 11 is 12.4. The summed E-state index contributed by atoms with van der Waals surface area (Å²) in [6.45, 7) is 0.276. The van der Waals surface area contributed by atoms with E-state index >= 15 is 0 Å². The molecule has 0 aromatic heterocycles. The van der Waals surface area contributed by atoms with Crippen LogP contribution in [0.2, 0.25) is 5.02 Å². The number of carboxylic acid groups (broad SMARTS) is 1. The minimum Gasteiger partial charge on any atom is -0.550 e. The van der Waals surface area contributed by atoms with E-state index in [2.05, 4.69) is 0 Å². The first-order valence-electron chi connectivity index (χ1n) is 6.19. The molecular formula is C14H11ClNO3S2-. The molecule has 0 radical (unpaired) electrons. The molecule has 0 spiro atoms. The molecule has 7 heteroatoms. The van der Waals surface area contributed by atoms with Gasteiger partial charge in [-0.15, -0.1) is 0 Å². The van der Waals surface area contributed by atoms with Gasteiger partial charge in [0.25, 0.3) is 5.91 Å². The van der Waals surface area contributed by atoms with Gasteiger partial charge in [0.1, 0.15) is 4.32 Å². The van der Waals surface area contributed by atoms with E-state index in [1.807, 2.05) is 18.2 Å². The number of benzene rings is 1. The molecule has 1 fully saturated rings. The van der Waals surface area contributed by atoms with Gasteiger partial charge >= 0.3 is 0 Å². The molecule has 2 rings (SSSR count). The van der Waals surface area contributed by atoms with Crippen LogP contribution in [0.4, 0.5) is 0 Å². The molecule has 1 aliphatic heterocycles. The fourth-order valence-corrected chi connectivity index (χ4v) is 3.30. The Morgan fingerprint density at radius 1 is 1.43 bits per heavy atom. The van der Waals surface area contributed by atoms with E-state index in [0.29, 0.717) is 20.7 Å². The Bertz CT molecular complexity index is 630. The van der Waals surface area contributed by atoms with E-state index < -0.39 is 5.97 Å². The van der Waals surface area contributed by atoms with Crippen LogP contribution in [0, 0.1) is 0 Å². The van der Waals surface area contributed by atoms with Gasteiger partial charge in [0.05, 0.1) is 4.91 Å². The summed E-state index contributed by atoms with van der Waals surface area (Å²) < 4.78 is 0.427. The number of thioether (sulfide) groups is 1. The maximum Gasteiger partial charge on any atom is 0.266 e. The summed E-state index contributed by atoms with van der Waals surface area (Å²) in [5.74, 6) is -1.35. The van der Waals surface area contributed by atoms with Crippen LogP contribution < -0.4 is 5.11 Å². The van der Waals surface area contributed by atoms with Crippen LogP contribution in [-0.4, -0.2) is 27.6 Å². The van der Waals surface area contributed by atoms with E-state index in [9.17, 15) is 14.7 Å². The van der Waals surface area contributed by atoms with Crippen molar-refractivity contribution >= 4 is 57.9 Å². The number of carbonyl (C=O) groups excluding carboxylic acids is 2. The highest BCUT2D eigenvalue weighted by atomic mass is 35.5. The minimum atomic E-state index is -1.13. The normalized spacial score (nSPS) is 16.8. The Balaban J connectivity index is 2.11. The molecule has 1 amide bonds. The second-order valence-electron chi connectivity index (χ2n) is 4.33. The highest BCUT2D eigenvalue weighted by molar-refractivity contribution is 8.26. The molecule has 0 bridgehead atoms. The Labute approximate surface area is 136 Å². The third-order valence-electron chi connectivity index (χ3n) is 2.83. The molecule has 1 heterocycles. The molecule has 1 saturated heterocycles. The van der Waals surface area contributed by atoms with Gasteiger partial charge in [-0.3, -0.25) is 9.69 Å². The molecule has 1 aliphatic rings. The van der Waals surface area contributed by atoms with Crippen LogP contribution in [-0.2, 0) is 9.59 Å². The van der Waals surface area contributed by atoms with Crippen molar-refractivity contribution in [1.82, 2.24) is 4.90 Å². The van der Waals surface area contributed by atoms with E-state index in [1.54, 1.807) is 12.1 Å². The van der Waals surface area contributed by atoms with Crippen molar-refractivity contribution in [1.29, 1.82) is 0 Å². The topological polar surface area (TPSA) is 60.4 Å². The number of halogens is 1. The van der Waals surface area contributed by atoms with Gasteiger partial charge in [-0.1, -0.05) is 53.8 Å². The first-order valence-corrected chi connectivity index (χ1v) is 7.79. The highest BCUT2D eigenvalue weighted by Crippen LogP contribution is 2.33. The van der Waals surface area contributed by atoms with Crippen LogP contribution in [0.5, 0.6) is 0 Å². The zero-order valence-electron chi connectivity index (χ0n) is 10.9. The Morgan fingerprint density at radius 2 is 2.14 bits per heavy atom. The number of rotatable bonds is 5.